The number of amides is 1. The molecule has 1 amide bonds. The fraction of sp³-hybridized carbons (Fsp3) is 0.323. The predicted octanol–water partition coefficient (Wildman–Crippen LogP) is 5.55. The quantitative estimate of drug-likeness (QED) is 0.160. The number of ether oxygens (including phenoxy) is 2. The van der Waals surface area contributed by atoms with Crippen molar-refractivity contribution < 1.29 is 31.8 Å². The van der Waals surface area contributed by atoms with E-state index in [2.05, 4.69) is 27.5 Å². The van der Waals surface area contributed by atoms with Crippen LogP contribution in [0, 0.1) is 24.2 Å². The van der Waals surface area contributed by atoms with E-state index in [1.165, 1.54) is 30.3 Å². The summed E-state index contributed by atoms with van der Waals surface area (Å²) in [5.74, 6) is -1.21. The van der Waals surface area contributed by atoms with Crippen molar-refractivity contribution in [2.45, 2.75) is 50.4 Å². The Bertz CT molecular complexity index is 1600. The van der Waals surface area contributed by atoms with Crippen LogP contribution in [0.3, 0.4) is 0 Å². The lowest BCUT2D eigenvalue weighted by Crippen LogP contribution is -2.56. The van der Waals surface area contributed by atoms with Gasteiger partial charge in [-0.1, -0.05) is 13.5 Å². The van der Waals surface area contributed by atoms with Crippen molar-refractivity contribution in [2.24, 2.45) is 0 Å². The van der Waals surface area contributed by atoms with Gasteiger partial charge in [0, 0.05) is 34.8 Å². The van der Waals surface area contributed by atoms with Gasteiger partial charge in [0.05, 0.1) is 6.10 Å². The monoisotopic (exact) mass is 595 g/mol. The third kappa shape index (κ3) is 6.07. The Balaban J connectivity index is 1.47. The Morgan fingerprint density at radius 1 is 1.23 bits per heavy atom. The molecular weight excluding hydrogens is 566 g/mol. The molecule has 2 aromatic carbocycles. The zero-order valence-corrected chi connectivity index (χ0v) is 23.4. The van der Waals surface area contributed by atoms with E-state index >= 15 is 0 Å². The summed E-state index contributed by atoms with van der Waals surface area (Å²) in [6.07, 6.45) is -1.10. The van der Waals surface area contributed by atoms with Crippen LogP contribution in [0.2, 0.25) is 0 Å². The average Bonchev–Trinajstić information content (AvgIpc) is 3.71. The fourth-order valence-corrected chi connectivity index (χ4v) is 4.84. The minimum absolute atomic E-state index is 0.0584. The Morgan fingerprint density at radius 3 is 2.58 bits per heavy atom. The van der Waals surface area contributed by atoms with E-state index in [9.17, 15) is 22.4 Å². The summed E-state index contributed by atoms with van der Waals surface area (Å²) in [5.41, 5.74) is -1.14. The maximum Gasteiger partial charge on any atom is 0.419 e. The Hall–Kier alpha value is -4.79. The summed E-state index contributed by atoms with van der Waals surface area (Å²) in [5, 5.41) is 16.1. The van der Waals surface area contributed by atoms with E-state index in [0.29, 0.717) is 11.1 Å². The van der Waals surface area contributed by atoms with Crippen LogP contribution in [0.25, 0.3) is 11.3 Å². The molecule has 1 saturated carbocycles. The molecule has 43 heavy (non-hydrogen) atoms. The molecule has 1 aliphatic carbocycles. The summed E-state index contributed by atoms with van der Waals surface area (Å²) < 4.78 is 69.4. The second kappa shape index (κ2) is 11.5. The molecular formula is C31H29F4N5O3. The van der Waals surface area contributed by atoms with Crippen molar-refractivity contribution in [3.63, 3.8) is 0 Å². The number of nitrogens with one attached hydrogen (secondary N) is 3. The van der Waals surface area contributed by atoms with Gasteiger partial charge in [-0.15, -0.1) is 0 Å². The van der Waals surface area contributed by atoms with Gasteiger partial charge in [0.1, 0.15) is 29.7 Å². The second-order valence-corrected chi connectivity index (χ2v) is 10.7. The summed E-state index contributed by atoms with van der Waals surface area (Å²) in [6.45, 7) is 6.25. The summed E-state index contributed by atoms with van der Waals surface area (Å²) >= 11 is 0. The topological polar surface area (TPSA) is 108 Å². The molecule has 0 saturated heterocycles. The maximum atomic E-state index is 14.8. The van der Waals surface area contributed by atoms with E-state index in [-0.39, 0.29) is 47.1 Å². The molecule has 0 spiro atoms. The Kier molecular flexibility index (Phi) is 7.92. The molecule has 8 nitrogen and oxygen atoms in total. The largest absolute Gasteiger partial charge is 0.490 e. The van der Waals surface area contributed by atoms with Crippen molar-refractivity contribution in [3.8, 4) is 28.9 Å². The number of nitriles is 1. The first-order valence-corrected chi connectivity index (χ1v) is 13.6. The standard InChI is InChI=1S/C31H29F4N5O3/c1-17-12-21(6-11-26(17)43-23-9-10-23)29(41)37-14-18(2)25-13-24-28(27(39-25)20-4-7-22(32)8-5-20)42-15-30(24,31(33,34)35)40-19(3)38-16-36/h4-8,11-13,18,23,38,40H,3,9-10,14-15H2,1-2H3,(H,37,41)/t18-,30+/m1/s1. The lowest BCUT2D eigenvalue weighted by molar-refractivity contribution is -0.200. The highest BCUT2D eigenvalue weighted by molar-refractivity contribution is 5.94. The molecule has 1 fully saturated rings. The van der Waals surface area contributed by atoms with Crippen molar-refractivity contribution >= 4 is 5.91 Å². The molecule has 0 bridgehead atoms. The van der Waals surface area contributed by atoms with Gasteiger partial charge in [0.15, 0.2) is 17.5 Å². The molecule has 1 aromatic heterocycles. The molecule has 0 unspecified atom stereocenters. The van der Waals surface area contributed by atoms with Gasteiger partial charge in [0.2, 0.25) is 0 Å². The van der Waals surface area contributed by atoms with E-state index in [1.807, 2.05) is 6.92 Å². The number of carbonyl (C=O) groups is 1. The molecule has 224 valence electrons. The van der Waals surface area contributed by atoms with Gasteiger partial charge < -0.3 is 20.1 Å². The Labute approximate surface area is 245 Å². The first kappa shape index (κ1) is 29.7. The summed E-state index contributed by atoms with van der Waals surface area (Å²) in [4.78, 5) is 17.6. The van der Waals surface area contributed by atoms with Crippen LogP contribution in [-0.2, 0) is 5.54 Å². The third-order valence-corrected chi connectivity index (χ3v) is 7.39. The van der Waals surface area contributed by atoms with Crippen molar-refractivity contribution in [1.29, 1.82) is 5.26 Å². The van der Waals surface area contributed by atoms with Crippen molar-refractivity contribution in [2.75, 3.05) is 13.2 Å². The maximum absolute atomic E-state index is 14.8. The number of fused-ring (bicyclic) bond motifs is 1. The molecule has 12 heteroatoms. The molecule has 5 rings (SSSR count). The summed E-state index contributed by atoms with van der Waals surface area (Å²) in [6, 6.07) is 11.6. The van der Waals surface area contributed by atoms with E-state index in [1.54, 1.807) is 31.3 Å². The normalized spacial score (nSPS) is 18.1. The van der Waals surface area contributed by atoms with Crippen LogP contribution >= 0.6 is 0 Å². The van der Waals surface area contributed by atoms with Crippen LogP contribution in [0.4, 0.5) is 17.6 Å². The van der Waals surface area contributed by atoms with Crippen molar-refractivity contribution in [3.05, 3.63) is 89.1 Å². The number of rotatable bonds is 10. The first-order valence-electron chi connectivity index (χ1n) is 13.6. The highest BCUT2D eigenvalue weighted by Crippen LogP contribution is 2.51. The van der Waals surface area contributed by atoms with Gasteiger partial charge in [-0.3, -0.25) is 10.1 Å². The number of alkyl halides is 3. The molecule has 2 aliphatic rings. The third-order valence-electron chi connectivity index (χ3n) is 7.39. The lowest BCUT2D eigenvalue weighted by atomic mass is 9.88. The number of benzene rings is 2. The minimum Gasteiger partial charge on any atom is -0.490 e. The molecule has 0 radical (unpaired) electrons. The zero-order chi connectivity index (χ0) is 30.9. The lowest BCUT2D eigenvalue weighted by Gasteiger charge is -2.33. The van der Waals surface area contributed by atoms with Crippen molar-refractivity contribution in [1.82, 2.24) is 20.9 Å². The highest BCUT2D eigenvalue weighted by Gasteiger charge is 2.62. The summed E-state index contributed by atoms with van der Waals surface area (Å²) in [7, 11) is 0. The van der Waals surface area contributed by atoms with Crippen LogP contribution in [0.15, 0.2) is 60.9 Å². The van der Waals surface area contributed by atoms with E-state index in [4.69, 9.17) is 14.7 Å². The zero-order valence-electron chi connectivity index (χ0n) is 23.4. The molecule has 3 N–H and O–H groups in total. The molecule has 2 atom stereocenters. The second-order valence-electron chi connectivity index (χ2n) is 10.7. The number of nitrogens with zero attached hydrogens (tertiary/aromatic N) is 2. The van der Waals surface area contributed by atoms with Gasteiger partial charge in [-0.25, -0.2) is 9.37 Å². The average molecular weight is 596 g/mol. The minimum atomic E-state index is -4.89. The number of pyridine rings is 1. The molecule has 1 aliphatic heterocycles. The van der Waals surface area contributed by atoms with Crippen LogP contribution in [0.1, 0.15) is 52.9 Å². The van der Waals surface area contributed by atoms with Gasteiger partial charge in [-0.2, -0.15) is 18.4 Å². The van der Waals surface area contributed by atoms with Gasteiger partial charge >= 0.3 is 6.18 Å². The number of aromatic nitrogens is 1. The van der Waals surface area contributed by atoms with E-state index < -0.39 is 30.1 Å². The van der Waals surface area contributed by atoms with Crippen LogP contribution < -0.4 is 25.4 Å². The predicted molar refractivity (Wildman–Crippen MR) is 149 cm³/mol. The van der Waals surface area contributed by atoms with Gasteiger partial charge in [-0.05, 0) is 73.9 Å². The van der Waals surface area contributed by atoms with Crippen LogP contribution in [-0.4, -0.2) is 36.3 Å². The van der Waals surface area contributed by atoms with Gasteiger partial charge in [0.25, 0.3) is 5.91 Å². The number of hydrogen-bond acceptors (Lipinski definition) is 7. The Morgan fingerprint density at radius 2 is 1.95 bits per heavy atom. The molecule has 3 aromatic rings. The SMILES string of the molecule is C=C(NC#N)N[C@@]1(C(F)(F)F)COc2c1cc([C@H](C)CNC(=O)c1ccc(OC3CC3)c(C)c1)nc2-c1ccc(F)cc1. The number of carbonyl (C=O) groups excluding carboxylic acids is 1. The number of aryl methyl sites for hydroxylation is 1. The number of hydrogen-bond donors (Lipinski definition) is 3. The fourth-order valence-electron chi connectivity index (χ4n) is 4.84. The molecule has 2 heterocycles. The number of halogens is 4. The highest BCUT2D eigenvalue weighted by atomic mass is 19.4. The first-order chi connectivity index (χ1) is 20.4. The smallest absolute Gasteiger partial charge is 0.419 e. The van der Waals surface area contributed by atoms with Crippen LogP contribution in [0.5, 0.6) is 11.5 Å². The van der Waals surface area contributed by atoms with E-state index in [0.717, 1.165) is 24.2 Å².